The van der Waals surface area contributed by atoms with Crippen LogP contribution in [0.4, 0.5) is 0 Å². The highest BCUT2D eigenvalue weighted by molar-refractivity contribution is 5.81. The zero-order valence-corrected chi connectivity index (χ0v) is 12.8. The Morgan fingerprint density at radius 1 is 1.22 bits per heavy atom. The second-order valence-corrected chi connectivity index (χ2v) is 6.63. The number of rotatable bonds is 4. The maximum Gasteiger partial charge on any atom is 0.227 e. The van der Waals surface area contributed by atoms with Crippen molar-refractivity contribution in [2.75, 3.05) is 13.6 Å². The average Bonchev–Trinajstić information content (AvgIpc) is 2.34. The van der Waals surface area contributed by atoms with E-state index in [-0.39, 0.29) is 11.3 Å². The Morgan fingerprint density at radius 2 is 1.78 bits per heavy atom. The van der Waals surface area contributed by atoms with Crippen molar-refractivity contribution in [2.45, 2.75) is 71.9 Å². The van der Waals surface area contributed by atoms with Gasteiger partial charge in [-0.1, -0.05) is 27.7 Å². The van der Waals surface area contributed by atoms with Gasteiger partial charge < -0.3 is 10.2 Å². The molecule has 106 valence electrons. The lowest BCUT2D eigenvalue weighted by atomic mass is 9.88. The first kappa shape index (κ1) is 15.5. The fourth-order valence-corrected chi connectivity index (χ4v) is 2.71. The molecular formula is C15H30N2O. The van der Waals surface area contributed by atoms with E-state index in [9.17, 15) is 4.79 Å². The smallest absolute Gasteiger partial charge is 0.227 e. The van der Waals surface area contributed by atoms with Crippen molar-refractivity contribution in [1.82, 2.24) is 10.2 Å². The number of hydrogen-bond donors (Lipinski definition) is 1. The minimum atomic E-state index is -0.258. The molecule has 1 saturated carbocycles. The number of carbonyl (C=O) groups excluding carboxylic acids is 1. The van der Waals surface area contributed by atoms with Crippen molar-refractivity contribution >= 4 is 5.91 Å². The SMILES string of the molecule is CCCNC1CCC(N(C)C(=O)C(C)(C)C)CC1. The molecule has 1 N–H and O–H groups in total. The van der Waals surface area contributed by atoms with E-state index in [0.29, 0.717) is 12.1 Å². The minimum Gasteiger partial charge on any atom is -0.342 e. The van der Waals surface area contributed by atoms with Gasteiger partial charge in [0, 0.05) is 24.5 Å². The molecular weight excluding hydrogens is 224 g/mol. The van der Waals surface area contributed by atoms with Crippen LogP contribution >= 0.6 is 0 Å². The first-order valence-corrected chi connectivity index (χ1v) is 7.37. The van der Waals surface area contributed by atoms with Gasteiger partial charge in [-0.05, 0) is 38.6 Å². The molecule has 0 aliphatic heterocycles. The number of hydrogen-bond acceptors (Lipinski definition) is 2. The molecule has 0 atom stereocenters. The van der Waals surface area contributed by atoms with Crippen LogP contribution in [-0.2, 0) is 4.79 Å². The third-order valence-electron chi connectivity index (χ3n) is 3.89. The molecule has 1 amide bonds. The summed E-state index contributed by atoms with van der Waals surface area (Å²) in [6, 6.07) is 1.11. The largest absolute Gasteiger partial charge is 0.342 e. The van der Waals surface area contributed by atoms with Crippen LogP contribution in [0.15, 0.2) is 0 Å². The van der Waals surface area contributed by atoms with Gasteiger partial charge >= 0.3 is 0 Å². The summed E-state index contributed by atoms with van der Waals surface area (Å²) in [7, 11) is 1.97. The highest BCUT2D eigenvalue weighted by Crippen LogP contribution is 2.26. The summed E-state index contributed by atoms with van der Waals surface area (Å²) >= 11 is 0. The highest BCUT2D eigenvalue weighted by Gasteiger charge is 2.31. The van der Waals surface area contributed by atoms with Gasteiger partial charge in [-0.15, -0.1) is 0 Å². The Bertz CT molecular complexity index is 262. The second-order valence-electron chi connectivity index (χ2n) is 6.63. The molecule has 1 rings (SSSR count). The third-order valence-corrected chi connectivity index (χ3v) is 3.89. The monoisotopic (exact) mass is 254 g/mol. The van der Waals surface area contributed by atoms with E-state index in [1.54, 1.807) is 0 Å². The first-order valence-electron chi connectivity index (χ1n) is 7.37. The van der Waals surface area contributed by atoms with Crippen molar-refractivity contribution in [3.8, 4) is 0 Å². The van der Waals surface area contributed by atoms with Gasteiger partial charge in [0.2, 0.25) is 5.91 Å². The van der Waals surface area contributed by atoms with Crippen LogP contribution in [0.5, 0.6) is 0 Å². The Hall–Kier alpha value is -0.570. The molecule has 1 aliphatic carbocycles. The normalized spacial score (nSPS) is 24.9. The molecule has 18 heavy (non-hydrogen) atoms. The van der Waals surface area contributed by atoms with Gasteiger partial charge in [0.05, 0.1) is 0 Å². The van der Waals surface area contributed by atoms with Crippen molar-refractivity contribution < 1.29 is 4.79 Å². The van der Waals surface area contributed by atoms with Crippen LogP contribution in [-0.4, -0.2) is 36.5 Å². The molecule has 3 nitrogen and oxygen atoms in total. The second kappa shape index (κ2) is 6.55. The number of nitrogens with zero attached hydrogens (tertiary/aromatic N) is 1. The van der Waals surface area contributed by atoms with Gasteiger partial charge in [0.25, 0.3) is 0 Å². The predicted molar refractivity (Wildman–Crippen MR) is 76.6 cm³/mol. The third kappa shape index (κ3) is 4.27. The van der Waals surface area contributed by atoms with E-state index in [2.05, 4.69) is 12.2 Å². The lowest BCUT2D eigenvalue weighted by Gasteiger charge is -2.37. The van der Waals surface area contributed by atoms with Gasteiger partial charge in [0.1, 0.15) is 0 Å². The highest BCUT2D eigenvalue weighted by atomic mass is 16.2. The lowest BCUT2D eigenvalue weighted by molar-refractivity contribution is -0.140. The molecule has 0 heterocycles. The standard InChI is InChI=1S/C15H30N2O/c1-6-11-16-12-7-9-13(10-8-12)17(5)14(18)15(2,3)4/h12-13,16H,6-11H2,1-5H3. The molecule has 0 bridgehead atoms. The van der Waals surface area contributed by atoms with Crippen LogP contribution in [0, 0.1) is 5.41 Å². The fraction of sp³-hybridized carbons (Fsp3) is 0.933. The molecule has 1 aliphatic rings. The van der Waals surface area contributed by atoms with E-state index < -0.39 is 0 Å². The van der Waals surface area contributed by atoms with Gasteiger partial charge in [-0.2, -0.15) is 0 Å². The Morgan fingerprint density at radius 3 is 2.22 bits per heavy atom. The Labute approximate surface area is 112 Å². The number of carbonyl (C=O) groups is 1. The van der Waals surface area contributed by atoms with E-state index in [1.165, 1.54) is 19.3 Å². The molecule has 0 aromatic heterocycles. The maximum absolute atomic E-state index is 12.2. The van der Waals surface area contributed by atoms with Crippen LogP contribution in [0.3, 0.4) is 0 Å². The van der Waals surface area contributed by atoms with Gasteiger partial charge in [0.15, 0.2) is 0 Å². The van der Waals surface area contributed by atoms with Crippen LogP contribution in [0.1, 0.15) is 59.8 Å². The van der Waals surface area contributed by atoms with Crippen molar-refractivity contribution in [1.29, 1.82) is 0 Å². The first-order chi connectivity index (χ1) is 8.36. The summed E-state index contributed by atoms with van der Waals surface area (Å²) in [6.07, 6.45) is 5.88. The molecule has 0 aromatic carbocycles. The molecule has 1 fully saturated rings. The summed E-state index contributed by atoms with van der Waals surface area (Å²) in [4.78, 5) is 14.2. The molecule has 0 unspecified atom stereocenters. The van der Waals surface area contributed by atoms with E-state index in [4.69, 9.17) is 0 Å². The lowest BCUT2D eigenvalue weighted by Crippen LogP contribution is -2.46. The zero-order chi connectivity index (χ0) is 13.8. The minimum absolute atomic E-state index is 0.258. The number of amides is 1. The molecule has 0 saturated heterocycles. The summed E-state index contributed by atoms with van der Waals surface area (Å²) in [6.45, 7) is 9.32. The average molecular weight is 254 g/mol. The van der Waals surface area contributed by atoms with E-state index in [1.807, 2.05) is 32.7 Å². The number of nitrogens with one attached hydrogen (secondary N) is 1. The van der Waals surface area contributed by atoms with Crippen molar-refractivity contribution in [2.24, 2.45) is 5.41 Å². The van der Waals surface area contributed by atoms with Crippen molar-refractivity contribution in [3.63, 3.8) is 0 Å². The maximum atomic E-state index is 12.2. The van der Waals surface area contributed by atoms with Gasteiger partial charge in [-0.3, -0.25) is 4.79 Å². The zero-order valence-electron chi connectivity index (χ0n) is 12.8. The van der Waals surface area contributed by atoms with Crippen LogP contribution in [0.25, 0.3) is 0 Å². The molecule has 0 aromatic rings. The van der Waals surface area contributed by atoms with Crippen LogP contribution in [0.2, 0.25) is 0 Å². The predicted octanol–water partition coefficient (Wildman–Crippen LogP) is 2.80. The molecule has 0 radical (unpaired) electrons. The molecule has 3 heteroatoms. The Balaban J connectivity index is 2.40. The quantitative estimate of drug-likeness (QED) is 0.836. The summed E-state index contributed by atoms with van der Waals surface area (Å²) in [5, 5.41) is 3.59. The summed E-state index contributed by atoms with van der Waals surface area (Å²) < 4.78 is 0. The van der Waals surface area contributed by atoms with Crippen LogP contribution < -0.4 is 5.32 Å². The summed E-state index contributed by atoms with van der Waals surface area (Å²) in [5.41, 5.74) is -0.258. The molecule has 0 spiro atoms. The topological polar surface area (TPSA) is 32.3 Å². The van der Waals surface area contributed by atoms with Crippen molar-refractivity contribution in [3.05, 3.63) is 0 Å². The van der Waals surface area contributed by atoms with Gasteiger partial charge in [-0.25, -0.2) is 0 Å². The Kier molecular flexibility index (Phi) is 5.64. The van der Waals surface area contributed by atoms with E-state index >= 15 is 0 Å². The summed E-state index contributed by atoms with van der Waals surface area (Å²) in [5.74, 6) is 0.271. The van der Waals surface area contributed by atoms with E-state index in [0.717, 1.165) is 19.4 Å². The fourth-order valence-electron chi connectivity index (χ4n) is 2.71.